The molecule has 1 aromatic heterocycles. The molecule has 0 aliphatic rings. The summed E-state index contributed by atoms with van der Waals surface area (Å²) in [6, 6.07) is 9.29. The summed E-state index contributed by atoms with van der Waals surface area (Å²) in [6.45, 7) is 0. The van der Waals surface area contributed by atoms with Crippen molar-refractivity contribution in [2.45, 2.75) is 0 Å². The van der Waals surface area contributed by atoms with E-state index in [0.29, 0.717) is 22.0 Å². The number of aromatic nitrogens is 2. The third-order valence-corrected chi connectivity index (χ3v) is 3.29. The molecular formula is C15H12ClN3O4. The van der Waals surface area contributed by atoms with Gasteiger partial charge in [0.15, 0.2) is 11.5 Å². The quantitative estimate of drug-likeness (QED) is 0.627. The fraction of sp³-hybridized carbons (Fsp3) is 0.0667. The van der Waals surface area contributed by atoms with E-state index in [2.05, 4.69) is 15.5 Å². The van der Waals surface area contributed by atoms with Crippen LogP contribution in [0.3, 0.4) is 0 Å². The molecule has 3 N–H and O–H groups in total. The monoisotopic (exact) mass is 333 g/mol. The first-order valence-corrected chi connectivity index (χ1v) is 6.91. The molecular weight excluding hydrogens is 322 g/mol. The van der Waals surface area contributed by atoms with Crippen LogP contribution in [0.15, 0.2) is 40.8 Å². The van der Waals surface area contributed by atoms with Gasteiger partial charge in [0.1, 0.15) is 5.75 Å². The lowest BCUT2D eigenvalue weighted by molar-refractivity contribution is 0.373. The Hall–Kier alpha value is -2.93. The molecule has 0 saturated heterocycles. The Balaban J connectivity index is 1.87. The summed E-state index contributed by atoms with van der Waals surface area (Å²) in [6.07, 6.45) is 0. The van der Waals surface area contributed by atoms with Crippen LogP contribution in [0.25, 0.3) is 11.5 Å². The molecule has 8 heteroatoms. The molecule has 0 radical (unpaired) electrons. The SMILES string of the molecule is COc1cc(-c2nnc(Nc3cc(Cl)ccc3O)o2)ccc1O. The first kappa shape index (κ1) is 15.0. The summed E-state index contributed by atoms with van der Waals surface area (Å²) in [5, 5.41) is 30.4. The summed E-state index contributed by atoms with van der Waals surface area (Å²) in [5.41, 5.74) is 0.923. The number of aromatic hydroxyl groups is 2. The number of phenolic OH excluding ortho intramolecular Hbond substituents is 2. The van der Waals surface area contributed by atoms with Gasteiger partial charge in [-0.2, -0.15) is 0 Å². The number of halogens is 1. The zero-order valence-electron chi connectivity index (χ0n) is 11.9. The number of hydrogen-bond acceptors (Lipinski definition) is 7. The van der Waals surface area contributed by atoms with Crippen molar-refractivity contribution >= 4 is 23.3 Å². The van der Waals surface area contributed by atoms with Gasteiger partial charge in [-0.05, 0) is 36.4 Å². The van der Waals surface area contributed by atoms with E-state index in [-0.39, 0.29) is 23.4 Å². The Bertz CT molecular complexity index is 850. The molecule has 0 saturated carbocycles. The molecule has 3 rings (SSSR count). The lowest BCUT2D eigenvalue weighted by Gasteiger charge is -2.05. The number of nitrogens with zero attached hydrogens (tertiary/aromatic N) is 2. The smallest absolute Gasteiger partial charge is 0.320 e. The number of nitrogens with one attached hydrogen (secondary N) is 1. The van der Waals surface area contributed by atoms with E-state index in [9.17, 15) is 10.2 Å². The van der Waals surface area contributed by atoms with E-state index in [1.54, 1.807) is 18.2 Å². The Morgan fingerprint density at radius 2 is 1.87 bits per heavy atom. The number of methoxy groups -OCH3 is 1. The third kappa shape index (κ3) is 3.14. The summed E-state index contributed by atoms with van der Waals surface area (Å²) in [5.74, 6) is 0.536. The molecule has 3 aromatic rings. The lowest BCUT2D eigenvalue weighted by atomic mass is 10.2. The Morgan fingerprint density at radius 3 is 2.65 bits per heavy atom. The molecule has 23 heavy (non-hydrogen) atoms. The van der Waals surface area contributed by atoms with E-state index in [1.807, 2.05) is 0 Å². The van der Waals surface area contributed by atoms with Crippen molar-refractivity contribution in [1.29, 1.82) is 0 Å². The zero-order chi connectivity index (χ0) is 16.4. The standard InChI is InChI=1S/C15H12ClN3O4/c1-22-13-6-8(2-4-12(13)21)14-18-19-15(23-14)17-10-7-9(16)3-5-11(10)20/h2-7,20-21H,1H3,(H,17,19). The van der Waals surface area contributed by atoms with E-state index in [1.165, 1.54) is 25.3 Å². The maximum atomic E-state index is 9.76. The van der Waals surface area contributed by atoms with E-state index < -0.39 is 0 Å². The second kappa shape index (κ2) is 6.05. The van der Waals surface area contributed by atoms with Gasteiger partial charge < -0.3 is 24.7 Å². The van der Waals surface area contributed by atoms with Crippen molar-refractivity contribution < 1.29 is 19.4 Å². The summed E-state index contributed by atoms with van der Waals surface area (Å²) >= 11 is 5.88. The van der Waals surface area contributed by atoms with Crippen LogP contribution in [0.5, 0.6) is 17.2 Å². The molecule has 1 heterocycles. The Morgan fingerprint density at radius 1 is 1.09 bits per heavy atom. The minimum Gasteiger partial charge on any atom is -0.506 e. The van der Waals surface area contributed by atoms with E-state index >= 15 is 0 Å². The number of rotatable bonds is 4. The van der Waals surface area contributed by atoms with Gasteiger partial charge in [-0.3, -0.25) is 0 Å². The van der Waals surface area contributed by atoms with E-state index in [4.69, 9.17) is 20.8 Å². The van der Waals surface area contributed by atoms with Crippen molar-refractivity contribution in [3.05, 3.63) is 41.4 Å². The second-order valence-electron chi connectivity index (χ2n) is 4.59. The molecule has 0 fully saturated rings. The largest absolute Gasteiger partial charge is 0.506 e. The maximum absolute atomic E-state index is 9.76. The van der Waals surface area contributed by atoms with Crippen LogP contribution in [0.4, 0.5) is 11.7 Å². The Labute approximate surface area is 136 Å². The van der Waals surface area contributed by atoms with Crippen LogP contribution in [0, 0.1) is 0 Å². The average molecular weight is 334 g/mol. The second-order valence-corrected chi connectivity index (χ2v) is 5.02. The number of anilines is 2. The maximum Gasteiger partial charge on any atom is 0.320 e. The molecule has 0 spiro atoms. The van der Waals surface area contributed by atoms with Gasteiger partial charge in [-0.25, -0.2) is 0 Å². The normalized spacial score (nSPS) is 10.5. The average Bonchev–Trinajstić information content (AvgIpc) is 3.00. The summed E-state index contributed by atoms with van der Waals surface area (Å²) in [7, 11) is 1.45. The van der Waals surface area contributed by atoms with E-state index in [0.717, 1.165) is 0 Å². The molecule has 0 atom stereocenters. The number of benzene rings is 2. The van der Waals surface area contributed by atoms with Crippen LogP contribution in [-0.2, 0) is 0 Å². The number of phenols is 2. The minimum atomic E-state index is 0.000419. The molecule has 0 aliphatic carbocycles. The van der Waals surface area contributed by atoms with Crippen LogP contribution in [-0.4, -0.2) is 27.5 Å². The van der Waals surface area contributed by atoms with Gasteiger partial charge in [-0.15, -0.1) is 5.10 Å². The number of ether oxygens (including phenoxy) is 1. The summed E-state index contributed by atoms with van der Waals surface area (Å²) in [4.78, 5) is 0. The van der Waals surface area contributed by atoms with Crippen molar-refractivity contribution in [2.24, 2.45) is 0 Å². The molecule has 0 unspecified atom stereocenters. The fourth-order valence-electron chi connectivity index (χ4n) is 1.92. The Kier molecular flexibility index (Phi) is 3.94. The predicted octanol–water partition coefficient (Wildman–Crippen LogP) is 3.55. The van der Waals surface area contributed by atoms with Crippen molar-refractivity contribution in [2.75, 3.05) is 12.4 Å². The zero-order valence-corrected chi connectivity index (χ0v) is 12.7. The van der Waals surface area contributed by atoms with Gasteiger partial charge in [-0.1, -0.05) is 16.7 Å². The first-order chi connectivity index (χ1) is 11.1. The lowest BCUT2D eigenvalue weighted by Crippen LogP contribution is -1.90. The van der Waals surface area contributed by atoms with Crippen LogP contribution < -0.4 is 10.1 Å². The van der Waals surface area contributed by atoms with Crippen molar-refractivity contribution in [3.8, 4) is 28.7 Å². The van der Waals surface area contributed by atoms with Gasteiger partial charge in [0.2, 0.25) is 5.89 Å². The topological polar surface area (TPSA) is 101 Å². The van der Waals surface area contributed by atoms with Crippen molar-refractivity contribution in [1.82, 2.24) is 10.2 Å². The highest BCUT2D eigenvalue weighted by Crippen LogP contribution is 2.33. The molecule has 0 amide bonds. The predicted molar refractivity (Wildman–Crippen MR) is 84.4 cm³/mol. The first-order valence-electron chi connectivity index (χ1n) is 6.53. The fourth-order valence-corrected chi connectivity index (χ4v) is 2.10. The van der Waals surface area contributed by atoms with Gasteiger partial charge in [0.25, 0.3) is 0 Å². The summed E-state index contributed by atoms with van der Waals surface area (Å²) < 4.78 is 10.5. The molecule has 7 nitrogen and oxygen atoms in total. The van der Waals surface area contributed by atoms with Gasteiger partial charge in [0.05, 0.1) is 12.8 Å². The highest BCUT2D eigenvalue weighted by Gasteiger charge is 2.13. The van der Waals surface area contributed by atoms with Gasteiger partial charge in [0, 0.05) is 10.6 Å². The number of hydrogen-bond donors (Lipinski definition) is 3. The van der Waals surface area contributed by atoms with Crippen LogP contribution in [0.1, 0.15) is 0 Å². The van der Waals surface area contributed by atoms with Crippen molar-refractivity contribution in [3.63, 3.8) is 0 Å². The highest BCUT2D eigenvalue weighted by atomic mass is 35.5. The molecule has 0 bridgehead atoms. The van der Waals surface area contributed by atoms with Gasteiger partial charge >= 0.3 is 6.01 Å². The molecule has 2 aromatic carbocycles. The molecule has 118 valence electrons. The third-order valence-electron chi connectivity index (χ3n) is 3.05. The van der Waals surface area contributed by atoms with Crippen LogP contribution >= 0.6 is 11.6 Å². The van der Waals surface area contributed by atoms with Crippen LogP contribution in [0.2, 0.25) is 5.02 Å². The minimum absolute atomic E-state index is 0.000419. The molecule has 0 aliphatic heterocycles. The highest BCUT2D eigenvalue weighted by molar-refractivity contribution is 6.30.